The van der Waals surface area contributed by atoms with E-state index in [4.69, 9.17) is 3.79 Å². The molecular weight excluding hydrogens is 244 g/mol. The Kier molecular flexibility index (Phi) is 3.28. The van der Waals surface area contributed by atoms with Crippen LogP contribution in [0.2, 0.25) is 0 Å². The summed E-state index contributed by atoms with van der Waals surface area (Å²) in [6, 6.07) is 0. The molecule has 0 atom stereocenters. The van der Waals surface area contributed by atoms with Crippen molar-refractivity contribution in [2.75, 3.05) is 0 Å². The van der Waals surface area contributed by atoms with E-state index < -0.39 is 6.67 Å². The molecule has 0 aliphatic carbocycles. The van der Waals surface area contributed by atoms with Crippen LogP contribution in [0.5, 0.6) is 5.06 Å². The van der Waals surface area contributed by atoms with Gasteiger partial charge in [0, 0.05) is 6.20 Å². The SMILES string of the molecule is Cc1nc(-n2cc(C)c(CF)n2)c([O][AlH])s1. The largest absolute Gasteiger partial charge is 0.640 e. The lowest BCUT2D eigenvalue weighted by Crippen LogP contribution is -1.99. The first-order valence-electron chi connectivity index (χ1n) is 4.66. The molecule has 0 aromatic carbocycles. The molecule has 0 N–H and O–H groups in total. The molecule has 2 aromatic heterocycles. The number of halogens is 1. The van der Waals surface area contributed by atoms with Gasteiger partial charge in [-0.1, -0.05) is 11.3 Å². The average Bonchev–Trinajstić information content (AvgIpc) is 2.81. The number of alkyl halides is 1. The maximum absolute atomic E-state index is 12.6. The fourth-order valence-corrected chi connectivity index (χ4v) is 2.37. The van der Waals surface area contributed by atoms with E-state index in [1.165, 1.54) is 28.0 Å². The maximum atomic E-state index is 12.6. The van der Waals surface area contributed by atoms with Gasteiger partial charge in [0.1, 0.15) is 6.67 Å². The zero-order valence-corrected chi connectivity index (χ0v) is 11.3. The first-order chi connectivity index (χ1) is 7.65. The summed E-state index contributed by atoms with van der Waals surface area (Å²) in [7, 11) is 0. The normalized spacial score (nSPS) is 10.7. The quantitative estimate of drug-likeness (QED) is 0.781. The van der Waals surface area contributed by atoms with Crippen LogP contribution in [0.1, 0.15) is 16.3 Å². The lowest BCUT2D eigenvalue weighted by molar-refractivity contribution is 0.471. The highest BCUT2D eigenvalue weighted by molar-refractivity contribution is 7.13. The third-order valence-electron chi connectivity index (χ3n) is 2.16. The summed E-state index contributed by atoms with van der Waals surface area (Å²) in [5.74, 6) is 0.625. The molecule has 0 saturated heterocycles. The van der Waals surface area contributed by atoms with Gasteiger partial charge in [-0.2, -0.15) is 5.10 Å². The Morgan fingerprint density at radius 3 is 2.88 bits per heavy atom. The molecule has 83 valence electrons. The molecular formula is C9H10AlFN3OS. The fourth-order valence-electron chi connectivity index (χ4n) is 1.37. The predicted molar refractivity (Wildman–Crippen MR) is 61.3 cm³/mol. The highest BCUT2D eigenvalue weighted by Crippen LogP contribution is 2.29. The highest BCUT2D eigenvalue weighted by Gasteiger charge is 2.13. The van der Waals surface area contributed by atoms with Crippen LogP contribution < -0.4 is 3.79 Å². The zero-order chi connectivity index (χ0) is 11.7. The molecule has 4 nitrogen and oxygen atoms in total. The van der Waals surface area contributed by atoms with Crippen LogP contribution in [-0.4, -0.2) is 31.4 Å². The highest BCUT2D eigenvalue weighted by atomic mass is 32.1. The standard InChI is InChI=1S/C9H10FN3OS.Al.H/c1-5-4-13(12-7(5)3-10)8-9(14)15-6(2)11-8;;/h4,14H,3H2,1-2H3;;/q;+1;/p-1. The molecule has 0 fully saturated rings. The van der Waals surface area contributed by atoms with Crippen molar-refractivity contribution in [1.82, 2.24) is 14.8 Å². The molecule has 0 amide bonds. The minimum atomic E-state index is -0.563. The Hall–Kier alpha value is -0.898. The van der Waals surface area contributed by atoms with E-state index in [2.05, 4.69) is 10.1 Å². The molecule has 0 spiro atoms. The summed E-state index contributed by atoms with van der Waals surface area (Å²) < 4.78 is 19.4. The number of nitrogens with zero attached hydrogens (tertiary/aromatic N) is 3. The average molecular weight is 254 g/mol. The number of hydrogen-bond donors (Lipinski definition) is 0. The van der Waals surface area contributed by atoms with Gasteiger partial charge >= 0.3 is 16.6 Å². The third-order valence-corrected chi connectivity index (χ3v) is 3.53. The number of aromatic nitrogens is 3. The predicted octanol–water partition coefficient (Wildman–Crippen LogP) is 1.61. The van der Waals surface area contributed by atoms with E-state index in [-0.39, 0.29) is 0 Å². The minimum absolute atomic E-state index is 0.440. The van der Waals surface area contributed by atoms with E-state index in [9.17, 15) is 4.39 Å². The topological polar surface area (TPSA) is 39.9 Å². The van der Waals surface area contributed by atoms with Crippen LogP contribution in [0, 0.1) is 13.8 Å². The van der Waals surface area contributed by atoms with Gasteiger partial charge in [0.2, 0.25) is 5.82 Å². The van der Waals surface area contributed by atoms with E-state index in [1.807, 2.05) is 13.8 Å². The maximum Gasteiger partial charge on any atom is 0.495 e. The molecule has 2 rings (SSSR count). The summed E-state index contributed by atoms with van der Waals surface area (Å²) in [4.78, 5) is 4.32. The van der Waals surface area contributed by atoms with Crippen LogP contribution in [0.3, 0.4) is 0 Å². The lowest BCUT2D eigenvalue weighted by Gasteiger charge is -2.01. The van der Waals surface area contributed by atoms with Crippen molar-refractivity contribution in [1.29, 1.82) is 0 Å². The van der Waals surface area contributed by atoms with Crippen molar-refractivity contribution in [3.63, 3.8) is 0 Å². The Morgan fingerprint density at radius 2 is 2.31 bits per heavy atom. The summed E-state index contributed by atoms with van der Waals surface area (Å²) in [6.45, 7) is 3.16. The molecule has 7 heteroatoms. The van der Waals surface area contributed by atoms with E-state index in [1.54, 1.807) is 10.9 Å². The number of thiazole rings is 1. The van der Waals surface area contributed by atoms with E-state index >= 15 is 0 Å². The van der Waals surface area contributed by atoms with Crippen molar-refractivity contribution in [3.05, 3.63) is 22.5 Å². The van der Waals surface area contributed by atoms with Gasteiger partial charge in [-0.3, -0.25) is 0 Å². The van der Waals surface area contributed by atoms with Gasteiger partial charge in [-0.15, -0.1) is 0 Å². The summed E-state index contributed by atoms with van der Waals surface area (Å²) in [6.07, 6.45) is 1.76. The molecule has 2 heterocycles. The second-order valence-electron chi connectivity index (χ2n) is 3.33. The van der Waals surface area contributed by atoms with E-state index in [0.717, 1.165) is 10.6 Å². The van der Waals surface area contributed by atoms with Crippen LogP contribution >= 0.6 is 11.3 Å². The second kappa shape index (κ2) is 4.54. The lowest BCUT2D eigenvalue weighted by atomic mass is 10.3. The second-order valence-corrected chi connectivity index (χ2v) is 4.78. The number of rotatable bonds is 3. The molecule has 0 bridgehead atoms. The Labute approximate surface area is 105 Å². The zero-order valence-electron chi connectivity index (χ0n) is 9.03. The number of aryl methyl sites for hydroxylation is 2. The van der Waals surface area contributed by atoms with Gasteiger partial charge in [0.05, 0.1) is 10.7 Å². The Balaban J connectivity index is 2.49. The van der Waals surface area contributed by atoms with Crippen molar-refractivity contribution in [2.24, 2.45) is 0 Å². The first kappa shape index (κ1) is 11.6. The summed E-state index contributed by atoms with van der Waals surface area (Å²) >= 11 is 2.84. The van der Waals surface area contributed by atoms with Crippen molar-refractivity contribution in [3.8, 4) is 10.9 Å². The van der Waals surface area contributed by atoms with Gasteiger partial charge in [-0.05, 0) is 19.4 Å². The molecule has 0 saturated carbocycles. The van der Waals surface area contributed by atoms with Crippen molar-refractivity contribution < 1.29 is 8.18 Å². The molecule has 2 aromatic rings. The smallest absolute Gasteiger partial charge is 0.495 e. The van der Waals surface area contributed by atoms with Gasteiger partial charge < -0.3 is 3.79 Å². The Morgan fingerprint density at radius 1 is 1.56 bits per heavy atom. The molecule has 0 aliphatic heterocycles. The molecule has 16 heavy (non-hydrogen) atoms. The van der Waals surface area contributed by atoms with Crippen LogP contribution in [0.15, 0.2) is 6.20 Å². The van der Waals surface area contributed by atoms with Crippen molar-refractivity contribution >= 4 is 28.0 Å². The number of hydrogen-bond acceptors (Lipinski definition) is 4. The van der Waals surface area contributed by atoms with Crippen molar-refractivity contribution in [2.45, 2.75) is 20.5 Å². The van der Waals surface area contributed by atoms with E-state index in [0.29, 0.717) is 16.6 Å². The Bertz CT molecular complexity index is 511. The van der Waals surface area contributed by atoms with Gasteiger partial charge in [0.25, 0.3) is 0 Å². The molecule has 0 aliphatic rings. The summed E-state index contributed by atoms with van der Waals surface area (Å²) in [5.41, 5.74) is 1.26. The molecule has 0 unspecified atom stereocenters. The fraction of sp³-hybridized carbons (Fsp3) is 0.333. The van der Waals surface area contributed by atoms with Crippen LogP contribution in [0.25, 0.3) is 5.82 Å². The van der Waals surface area contributed by atoms with Gasteiger partial charge in [0.15, 0.2) is 5.06 Å². The van der Waals surface area contributed by atoms with Gasteiger partial charge in [-0.25, -0.2) is 14.1 Å². The first-order valence-corrected chi connectivity index (χ1v) is 6.06. The third kappa shape index (κ3) is 1.98. The monoisotopic (exact) mass is 254 g/mol. The van der Waals surface area contributed by atoms with Crippen LogP contribution in [0.4, 0.5) is 4.39 Å². The summed E-state index contributed by atoms with van der Waals surface area (Å²) in [5, 5.41) is 5.72. The minimum Gasteiger partial charge on any atom is -0.640 e. The molecule has 1 radical (unpaired) electrons. The van der Waals surface area contributed by atoms with Crippen LogP contribution in [-0.2, 0) is 6.67 Å².